The summed E-state index contributed by atoms with van der Waals surface area (Å²) in [6.07, 6.45) is 8.43. The summed E-state index contributed by atoms with van der Waals surface area (Å²) in [6.45, 7) is 1.29. The molecule has 126 valence electrons. The topological polar surface area (TPSA) is 104 Å². The van der Waals surface area contributed by atoms with Gasteiger partial charge in [-0.25, -0.2) is 18.1 Å². The fraction of sp³-hybridized carbons (Fsp3) is 0.643. The number of anilines is 1. The molecule has 1 amide bonds. The standard InChI is InChI=1S/C14H21N5O3S/c1-23(21,22)17-7-14(20)18-12-9-19(8-11(12)10-2-3-10)13-6-15-4-5-16-13/h4-6,10-12,17H,2-3,7-9H2,1H3,(H,18,20)/t11-,12+/m0/s1. The highest BCUT2D eigenvalue weighted by Crippen LogP contribution is 2.42. The smallest absolute Gasteiger partial charge is 0.235 e. The van der Waals surface area contributed by atoms with E-state index in [0.717, 1.165) is 18.6 Å². The second-order valence-electron chi connectivity index (χ2n) is 6.24. The van der Waals surface area contributed by atoms with Crippen LogP contribution in [0.5, 0.6) is 0 Å². The Morgan fingerprint density at radius 3 is 2.74 bits per heavy atom. The second kappa shape index (κ2) is 6.40. The normalized spacial score (nSPS) is 24.7. The molecule has 0 unspecified atom stereocenters. The average molecular weight is 339 g/mol. The van der Waals surface area contributed by atoms with Gasteiger partial charge in [0.2, 0.25) is 15.9 Å². The lowest BCUT2D eigenvalue weighted by Gasteiger charge is -2.19. The number of carbonyl (C=O) groups is 1. The summed E-state index contributed by atoms with van der Waals surface area (Å²) in [5, 5.41) is 2.97. The van der Waals surface area contributed by atoms with Crippen LogP contribution in [-0.2, 0) is 14.8 Å². The fourth-order valence-corrected chi connectivity index (χ4v) is 3.47. The van der Waals surface area contributed by atoms with Crippen LogP contribution >= 0.6 is 0 Å². The highest BCUT2D eigenvalue weighted by molar-refractivity contribution is 7.88. The first-order valence-electron chi connectivity index (χ1n) is 7.67. The maximum Gasteiger partial charge on any atom is 0.235 e. The SMILES string of the molecule is CS(=O)(=O)NCC(=O)N[C@@H]1CN(c2cnccn2)C[C@H]1C1CC1. The van der Waals surface area contributed by atoms with Crippen molar-refractivity contribution in [1.29, 1.82) is 0 Å². The van der Waals surface area contributed by atoms with Gasteiger partial charge in [-0.1, -0.05) is 0 Å². The van der Waals surface area contributed by atoms with E-state index in [-0.39, 0.29) is 18.5 Å². The number of rotatable bonds is 6. The van der Waals surface area contributed by atoms with Crippen LogP contribution in [0.4, 0.5) is 5.82 Å². The molecule has 1 aliphatic heterocycles. The second-order valence-corrected chi connectivity index (χ2v) is 8.07. The van der Waals surface area contributed by atoms with Crippen LogP contribution < -0.4 is 14.9 Å². The van der Waals surface area contributed by atoms with Crippen LogP contribution in [0, 0.1) is 11.8 Å². The molecule has 1 saturated heterocycles. The summed E-state index contributed by atoms with van der Waals surface area (Å²) in [5.41, 5.74) is 0. The lowest BCUT2D eigenvalue weighted by molar-refractivity contribution is -0.120. The van der Waals surface area contributed by atoms with Gasteiger partial charge in [-0.15, -0.1) is 0 Å². The van der Waals surface area contributed by atoms with Crippen molar-refractivity contribution in [3.63, 3.8) is 0 Å². The van der Waals surface area contributed by atoms with E-state index in [1.165, 1.54) is 12.8 Å². The molecule has 0 spiro atoms. The minimum Gasteiger partial charge on any atom is -0.353 e. The van der Waals surface area contributed by atoms with E-state index in [0.29, 0.717) is 18.4 Å². The molecule has 23 heavy (non-hydrogen) atoms. The van der Waals surface area contributed by atoms with Gasteiger partial charge in [-0.3, -0.25) is 9.78 Å². The van der Waals surface area contributed by atoms with Gasteiger partial charge < -0.3 is 10.2 Å². The monoisotopic (exact) mass is 339 g/mol. The van der Waals surface area contributed by atoms with Crippen LogP contribution in [0.1, 0.15) is 12.8 Å². The predicted octanol–water partition coefficient (Wildman–Crippen LogP) is -0.643. The molecule has 1 aromatic rings. The molecule has 0 bridgehead atoms. The van der Waals surface area contributed by atoms with Crippen molar-refractivity contribution in [2.45, 2.75) is 18.9 Å². The predicted molar refractivity (Wildman–Crippen MR) is 85.2 cm³/mol. The molecule has 8 nitrogen and oxygen atoms in total. The van der Waals surface area contributed by atoms with Crippen molar-refractivity contribution in [3.05, 3.63) is 18.6 Å². The van der Waals surface area contributed by atoms with Gasteiger partial charge in [-0.05, 0) is 18.8 Å². The van der Waals surface area contributed by atoms with Crippen molar-refractivity contribution in [1.82, 2.24) is 20.0 Å². The summed E-state index contributed by atoms with van der Waals surface area (Å²) >= 11 is 0. The number of sulfonamides is 1. The van der Waals surface area contributed by atoms with Crippen LogP contribution in [0.3, 0.4) is 0 Å². The molecule has 9 heteroatoms. The van der Waals surface area contributed by atoms with Crippen LogP contribution in [0.2, 0.25) is 0 Å². The minimum atomic E-state index is -3.36. The van der Waals surface area contributed by atoms with Crippen molar-refractivity contribution < 1.29 is 13.2 Å². The lowest BCUT2D eigenvalue weighted by atomic mass is 9.98. The molecule has 2 aliphatic rings. The van der Waals surface area contributed by atoms with Crippen LogP contribution in [0.25, 0.3) is 0 Å². The Hall–Kier alpha value is -1.74. The fourth-order valence-electron chi connectivity index (χ4n) is 3.08. The van der Waals surface area contributed by atoms with Crippen molar-refractivity contribution in [2.75, 3.05) is 30.8 Å². The number of amides is 1. The van der Waals surface area contributed by atoms with Gasteiger partial charge in [0.25, 0.3) is 0 Å². The molecular weight excluding hydrogens is 318 g/mol. The van der Waals surface area contributed by atoms with Gasteiger partial charge in [0.1, 0.15) is 5.82 Å². The van der Waals surface area contributed by atoms with Crippen LogP contribution in [-0.4, -0.2) is 56.2 Å². The highest BCUT2D eigenvalue weighted by Gasteiger charge is 2.43. The lowest BCUT2D eigenvalue weighted by Crippen LogP contribution is -2.45. The largest absolute Gasteiger partial charge is 0.353 e. The Kier molecular flexibility index (Phi) is 4.49. The third-order valence-corrected chi connectivity index (χ3v) is 4.98. The van der Waals surface area contributed by atoms with E-state index in [1.807, 2.05) is 0 Å². The number of nitrogens with one attached hydrogen (secondary N) is 2. The zero-order valence-corrected chi connectivity index (χ0v) is 13.8. The van der Waals surface area contributed by atoms with E-state index in [2.05, 4.69) is 24.9 Å². The number of hydrogen-bond donors (Lipinski definition) is 2. The Morgan fingerprint density at radius 1 is 1.35 bits per heavy atom. The molecule has 1 aromatic heterocycles. The van der Waals surface area contributed by atoms with E-state index >= 15 is 0 Å². The Labute approximate surface area is 135 Å². The molecule has 2 fully saturated rings. The Morgan fingerprint density at radius 2 is 2.13 bits per heavy atom. The quantitative estimate of drug-likeness (QED) is 0.714. The summed E-state index contributed by atoms with van der Waals surface area (Å²) in [5.74, 6) is 1.51. The third-order valence-electron chi connectivity index (χ3n) is 4.31. The zero-order valence-electron chi connectivity index (χ0n) is 13.0. The number of nitrogens with zero attached hydrogens (tertiary/aromatic N) is 3. The first kappa shape index (κ1) is 16.1. The van der Waals surface area contributed by atoms with E-state index in [1.54, 1.807) is 18.6 Å². The van der Waals surface area contributed by atoms with Gasteiger partial charge in [-0.2, -0.15) is 0 Å². The van der Waals surface area contributed by atoms with Gasteiger partial charge in [0.05, 0.1) is 25.0 Å². The Bertz CT molecular complexity index is 662. The molecule has 3 rings (SSSR count). The van der Waals surface area contributed by atoms with Gasteiger partial charge in [0, 0.05) is 31.4 Å². The first-order valence-corrected chi connectivity index (χ1v) is 9.56. The first-order chi connectivity index (χ1) is 10.9. The molecule has 2 N–H and O–H groups in total. The van der Waals surface area contributed by atoms with Gasteiger partial charge >= 0.3 is 0 Å². The summed E-state index contributed by atoms with van der Waals surface area (Å²) in [6, 6.07) is 0.0124. The number of aromatic nitrogens is 2. The third kappa shape index (κ3) is 4.38. The minimum absolute atomic E-state index is 0.0124. The number of hydrogen-bond acceptors (Lipinski definition) is 6. The van der Waals surface area contributed by atoms with Crippen molar-refractivity contribution >= 4 is 21.7 Å². The van der Waals surface area contributed by atoms with Crippen LogP contribution in [0.15, 0.2) is 18.6 Å². The van der Waals surface area contributed by atoms with E-state index < -0.39 is 10.0 Å². The van der Waals surface area contributed by atoms with Crippen molar-refractivity contribution in [2.24, 2.45) is 11.8 Å². The summed E-state index contributed by atoms with van der Waals surface area (Å²) < 4.78 is 24.4. The molecule has 0 aromatic carbocycles. The maximum atomic E-state index is 12.0. The maximum absolute atomic E-state index is 12.0. The average Bonchev–Trinajstić information content (AvgIpc) is 3.27. The molecule has 2 atom stereocenters. The molecule has 0 radical (unpaired) electrons. The summed E-state index contributed by atoms with van der Waals surface area (Å²) in [7, 11) is -3.36. The molecular formula is C14H21N5O3S. The molecule has 2 heterocycles. The molecule has 1 saturated carbocycles. The summed E-state index contributed by atoms with van der Waals surface area (Å²) in [4.78, 5) is 22.5. The highest BCUT2D eigenvalue weighted by atomic mass is 32.2. The molecule has 1 aliphatic carbocycles. The van der Waals surface area contributed by atoms with Crippen molar-refractivity contribution in [3.8, 4) is 0 Å². The number of carbonyl (C=O) groups excluding carboxylic acids is 1. The van der Waals surface area contributed by atoms with Gasteiger partial charge in [0.15, 0.2) is 0 Å². The van der Waals surface area contributed by atoms with E-state index in [9.17, 15) is 13.2 Å². The Balaban J connectivity index is 1.62. The van der Waals surface area contributed by atoms with E-state index in [4.69, 9.17) is 0 Å². The zero-order chi connectivity index (χ0) is 16.4.